The molecule has 0 radical (unpaired) electrons. The lowest BCUT2D eigenvalue weighted by Crippen LogP contribution is -2.33. The Bertz CT molecular complexity index is 960. The van der Waals surface area contributed by atoms with Crippen molar-refractivity contribution in [3.8, 4) is 11.5 Å². The first kappa shape index (κ1) is 18.4. The van der Waals surface area contributed by atoms with E-state index in [4.69, 9.17) is 13.9 Å². The Kier molecular flexibility index (Phi) is 5.24. The Morgan fingerprint density at radius 3 is 2.64 bits per heavy atom. The van der Waals surface area contributed by atoms with Crippen molar-refractivity contribution < 1.29 is 18.7 Å². The number of methoxy groups -OCH3 is 2. The van der Waals surface area contributed by atoms with E-state index in [1.54, 1.807) is 14.2 Å². The first-order valence-electron chi connectivity index (χ1n) is 9.69. The number of amides is 1. The van der Waals surface area contributed by atoms with Crippen molar-refractivity contribution in [1.82, 2.24) is 4.90 Å². The minimum Gasteiger partial charge on any atom is -0.497 e. The van der Waals surface area contributed by atoms with Crippen LogP contribution in [0.4, 0.5) is 0 Å². The van der Waals surface area contributed by atoms with Gasteiger partial charge in [0.15, 0.2) is 17.1 Å². The van der Waals surface area contributed by atoms with E-state index in [0.717, 1.165) is 36.9 Å². The molecule has 1 saturated heterocycles. The van der Waals surface area contributed by atoms with Crippen LogP contribution in [0.15, 0.2) is 52.9 Å². The highest BCUT2D eigenvalue weighted by atomic mass is 16.5. The Labute approximate surface area is 164 Å². The van der Waals surface area contributed by atoms with Crippen LogP contribution in [0.2, 0.25) is 0 Å². The second-order valence-corrected chi connectivity index (χ2v) is 7.21. The number of carbonyl (C=O) groups is 1. The van der Waals surface area contributed by atoms with Gasteiger partial charge in [0.25, 0.3) is 5.91 Å². The molecule has 0 aliphatic carbocycles. The summed E-state index contributed by atoms with van der Waals surface area (Å²) in [5, 5.41) is 0.879. The minimum absolute atomic E-state index is 0.0568. The van der Waals surface area contributed by atoms with Crippen molar-refractivity contribution in [1.29, 1.82) is 0 Å². The summed E-state index contributed by atoms with van der Waals surface area (Å²) in [6.07, 6.45) is 3.18. The zero-order valence-corrected chi connectivity index (χ0v) is 16.3. The van der Waals surface area contributed by atoms with Crippen molar-refractivity contribution in [3.63, 3.8) is 0 Å². The van der Waals surface area contributed by atoms with Gasteiger partial charge in [0.1, 0.15) is 5.75 Å². The van der Waals surface area contributed by atoms with Crippen LogP contribution in [-0.2, 0) is 0 Å². The number of rotatable bonds is 4. The van der Waals surface area contributed by atoms with Crippen molar-refractivity contribution >= 4 is 16.9 Å². The molecule has 1 amide bonds. The lowest BCUT2D eigenvalue weighted by molar-refractivity contribution is 0.0724. The summed E-state index contributed by atoms with van der Waals surface area (Å²) in [7, 11) is 3.27. The van der Waals surface area contributed by atoms with E-state index in [-0.39, 0.29) is 5.91 Å². The maximum absolute atomic E-state index is 13.2. The van der Waals surface area contributed by atoms with Crippen LogP contribution in [0.5, 0.6) is 11.5 Å². The second-order valence-electron chi connectivity index (χ2n) is 7.21. The minimum atomic E-state index is -0.0568. The molecule has 1 unspecified atom stereocenters. The summed E-state index contributed by atoms with van der Waals surface area (Å²) in [6.45, 7) is 1.44. The van der Waals surface area contributed by atoms with Gasteiger partial charge in [-0.2, -0.15) is 0 Å². The predicted octanol–water partition coefficient (Wildman–Crippen LogP) is 4.86. The van der Waals surface area contributed by atoms with Crippen LogP contribution < -0.4 is 9.47 Å². The average Bonchev–Trinajstić information content (AvgIpc) is 3.03. The number of hydrogen-bond acceptors (Lipinski definition) is 4. The van der Waals surface area contributed by atoms with Crippen LogP contribution in [0.3, 0.4) is 0 Å². The zero-order valence-electron chi connectivity index (χ0n) is 16.3. The Morgan fingerprint density at radius 2 is 1.89 bits per heavy atom. The summed E-state index contributed by atoms with van der Waals surface area (Å²) in [5.41, 5.74) is 1.86. The van der Waals surface area contributed by atoms with Crippen LogP contribution in [0, 0.1) is 0 Å². The van der Waals surface area contributed by atoms with E-state index >= 15 is 0 Å². The molecule has 5 nitrogen and oxygen atoms in total. The quantitative estimate of drug-likeness (QED) is 0.650. The third kappa shape index (κ3) is 3.57. The summed E-state index contributed by atoms with van der Waals surface area (Å²) in [4.78, 5) is 15.1. The van der Waals surface area contributed by atoms with Gasteiger partial charge in [0, 0.05) is 24.4 Å². The number of benzene rings is 2. The number of para-hydroxylation sites is 1. The summed E-state index contributed by atoms with van der Waals surface area (Å²) >= 11 is 0. The highest BCUT2D eigenvalue weighted by molar-refractivity contribution is 5.97. The fourth-order valence-corrected chi connectivity index (χ4v) is 3.93. The van der Waals surface area contributed by atoms with Gasteiger partial charge < -0.3 is 18.8 Å². The number of fused-ring (bicyclic) bond motifs is 1. The van der Waals surface area contributed by atoms with Crippen molar-refractivity contribution in [3.05, 3.63) is 59.9 Å². The maximum Gasteiger partial charge on any atom is 0.289 e. The molecule has 0 N–H and O–H groups in total. The van der Waals surface area contributed by atoms with Crippen LogP contribution in [-0.4, -0.2) is 38.1 Å². The first-order valence-corrected chi connectivity index (χ1v) is 9.69. The Balaban J connectivity index is 1.57. The topological polar surface area (TPSA) is 51.9 Å². The molecule has 1 atom stereocenters. The molecule has 3 aromatic rings. The lowest BCUT2D eigenvalue weighted by Gasteiger charge is -2.24. The van der Waals surface area contributed by atoms with Gasteiger partial charge >= 0.3 is 0 Å². The lowest BCUT2D eigenvalue weighted by atomic mass is 9.94. The normalized spacial score (nSPS) is 17.4. The third-order valence-electron chi connectivity index (χ3n) is 5.48. The third-order valence-corrected chi connectivity index (χ3v) is 5.48. The second kappa shape index (κ2) is 7.97. The molecule has 1 aromatic heterocycles. The SMILES string of the molecule is COc1ccc(C2CCCCN(C(=O)c3cc4cccc(OC)c4o3)C2)cc1. The summed E-state index contributed by atoms with van der Waals surface area (Å²) < 4.78 is 16.5. The number of carbonyl (C=O) groups excluding carboxylic acids is 1. The average molecular weight is 379 g/mol. The fourth-order valence-electron chi connectivity index (χ4n) is 3.93. The number of hydrogen-bond donors (Lipinski definition) is 0. The molecule has 4 rings (SSSR count). The first-order chi connectivity index (χ1) is 13.7. The van der Waals surface area contributed by atoms with Crippen LogP contribution in [0.1, 0.15) is 41.3 Å². The largest absolute Gasteiger partial charge is 0.497 e. The number of likely N-dealkylation sites (tertiary alicyclic amines) is 1. The van der Waals surface area contributed by atoms with Gasteiger partial charge in [-0.05, 0) is 42.7 Å². The molecule has 146 valence electrons. The molecule has 1 fully saturated rings. The maximum atomic E-state index is 13.2. The van der Waals surface area contributed by atoms with E-state index in [2.05, 4.69) is 12.1 Å². The monoisotopic (exact) mass is 379 g/mol. The van der Waals surface area contributed by atoms with Gasteiger partial charge in [-0.3, -0.25) is 4.79 Å². The standard InChI is InChI=1S/C23H25NO4/c1-26-19-11-9-16(10-12-19)18-6-3-4-13-24(15-18)23(25)21-14-17-7-5-8-20(27-2)22(17)28-21/h5,7-12,14,18H,3-4,6,13,15H2,1-2H3. The molecular formula is C23H25NO4. The van der Waals surface area contributed by atoms with Gasteiger partial charge in [-0.15, -0.1) is 0 Å². The number of ether oxygens (including phenoxy) is 2. The van der Waals surface area contributed by atoms with Crippen LogP contribution >= 0.6 is 0 Å². The molecule has 0 bridgehead atoms. The van der Waals surface area contributed by atoms with Crippen molar-refractivity contribution in [2.24, 2.45) is 0 Å². The van der Waals surface area contributed by atoms with Crippen LogP contribution in [0.25, 0.3) is 11.0 Å². The number of furan rings is 1. The predicted molar refractivity (Wildman–Crippen MR) is 108 cm³/mol. The molecule has 0 spiro atoms. The highest BCUT2D eigenvalue weighted by Crippen LogP contribution is 2.31. The smallest absolute Gasteiger partial charge is 0.289 e. The van der Waals surface area contributed by atoms with Gasteiger partial charge in [0.05, 0.1) is 14.2 Å². The fraction of sp³-hybridized carbons (Fsp3) is 0.348. The van der Waals surface area contributed by atoms with Gasteiger partial charge in [-0.1, -0.05) is 30.7 Å². The number of nitrogens with zero attached hydrogens (tertiary/aromatic N) is 1. The Hall–Kier alpha value is -2.95. The molecular weight excluding hydrogens is 354 g/mol. The van der Waals surface area contributed by atoms with Gasteiger partial charge in [0.2, 0.25) is 0 Å². The molecule has 0 saturated carbocycles. The molecule has 1 aliphatic heterocycles. The summed E-state index contributed by atoms with van der Waals surface area (Å²) in [5.74, 6) is 2.12. The van der Waals surface area contributed by atoms with E-state index in [0.29, 0.717) is 29.6 Å². The van der Waals surface area contributed by atoms with E-state index < -0.39 is 0 Å². The van der Waals surface area contributed by atoms with E-state index in [1.165, 1.54) is 5.56 Å². The molecule has 1 aliphatic rings. The van der Waals surface area contributed by atoms with E-state index in [1.807, 2.05) is 41.3 Å². The zero-order chi connectivity index (χ0) is 19.5. The molecule has 5 heteroatoms. The van der Waals surface area contributed by atoms with Gasteiger partial charge in [-0.25, -0.2) is 0 Å². The molecule has 2 aromatic carbocycles. The van der Waals surface area contributed by atoms with E-state index in [9.17, 15) is 4.79 Å². The highest BCUT2D eigenvalue weighted by Gasteiger charge is 2.26. The van der Waals surface area contributed by atoms with Crippen molar-refractivity contribution in [2.45, 2.75) is 25.2 Å². The molecule has 28 heavy (non-hydrogen) atoms. The molecule has 2 heterocycles. The summed E-state index contributed by atoms with van der Waals surface area (Å²) in [6, 6.07) is 15.7. The van der Waals surface area contributed by atoms with Crippen molar-refractivity contribution in [2.75, 3.05) is 27.3 Å². The Morgan fingerprint density at radius 1 is 1.07 bits per heavy atom.